The monoisotopic (exact) mass is 456 g/mol. The summed E-state index contributed by atoms with van der Waals surface area (Å²) in [6.07, 6.45) is 3.39. The average molecular weight is 456 g/mol. The minimum Gasteiger partial charge on any atom is -0.321 e. The van der Waals surface area contributed by atoms with E-state index in [-0.39, 0.29) is 11.4 Å². The Bertz CT molecular complexity index is 1320. The number of hydrogen-bond donors (Lipinski definition) is 2. The molecule has 4 rings (SSSR count). The molecule has 10 nitrogen and oxygen atoms in total. The van der Waals surface area contributed by atoms with Gasteiger partial charge in [0, 0.05) is 24.3 Å². The second-order valence-corrected chi connectivity index (χ2v) is 7.69. The largest absolute Gasteiger partial charge is 0.321 e. The zero-order valence-corrected chi connectivity index (χ0v) is 17.8. The fourth-order valence-electron chi connectivity index (χ4n) is 3.56. The molecule has 0 amide bonds. The van der Waals surface area contributed by atoms with Crippen molar-refractivity contribution in [2.24, 2.45) is 21.7 Å². The van der Waals surface area contributed by atoms with Gasteiger partial charge in [0.1, 0.15) is 0 Å². The van der Waals surface area contributed by atoms with Crippen LogP contribution in [0.15, 0.2) is 101 Å². The second-order valence-electron chi connectivity index (χ2n) is 7.69. The summed E-state index contributed by atoms with van der Waals surface area (Å²) < 4.78 is 0. The van der Waals surface area contributed by atoms with Crippen LogP contribution in [0.4, 0.5) is 17.1 Å². The summed E-state index contributed by atoms with van der Waals surface area (Å²) in [6.45, 7) is 0. The van der Waals surface area contributed by atoms with E-state index in [4.69, 9.17) is 11.5 Å². The van der Waals surface area contributed by atoms with Crippen molar-refractivity contribution in [2.45, 2.75) is 11.7 Å². The van der Waals surface area contributed by atoms with Crippen molar-refractivity contribution in [3.8, 4) is 0 Å². The third-order valence-corrected chi connectivity index (χ3v) is 5.42. The third-order valence-electron chi connectivity index (χ3n) is 5.42. The van der Waals surface area contributed by atoms with Crippen molar-refractivity contribution in [1.82, 2.24) is 0 Å². The van der Waals surface area contributed by atoms with Gasteiger partial charge in [-0.3, -0.25) is 20.2 Å². The summed E-state index contributed by atoms with van der Waals surface area (Å²) in [5.74, 6) is 0. The fraction of sp³-hybridized carbons (Fsp3) is 0.0833. The van der Waals surface area contributed by atoms with Crippen LogP contribution in [0, 0.1) is 20.2 Å². The summed E-state index contributed by atoms with van der Waals surface area (Å²) in [6, 6.07) is 20.3. The van der Waals surface area contributed by atoms with Crippen molar-refractivity contribution in [2.75, 3.05) is 0 Å². The molecule has 3 aromatic carbocycles. The van der Waals surface area contributed by atoms with E-state index in [1.54, 1.807) is 48.6 Å². The van der Waals surface area contributed by atoms with Crippen LogP contribution in [0.5, 0.6) is 0 Å². The molecule has 3 aromatic rings. The summed E-state index contributed by atoms with van der Waals surface area (Å²) in [7, 11) is 0. The lowest BCUT2D eigenvalue weighted by molar-refractivity contribution is -0.385. The van der Waals surface area contributed by atoms with Gasteiger partial charge in [-0.1, -0.05) is 24.3 Å². The molecule has 2 atom stereocenters. The number of nitrogens with two attached hydrogens (primary N) is 2. The maximum Gasteiger partial charge on any atom is 0.269 e. The number of benzene rings is 3. The zero-order chi connectivity index (χ0) is 24.3. The topological polar surface area (TPSA) is 163 Å². The van der Waals surface area contributed by atoms with Crippen molar-refractivity contribution in [3.05, 3.63) is 122 Å². The summed E-state index contributed by atoms with van der Waals surface area (Å²) in [5, 5.41) is 30.7. The van der Waals surface area contributed by atoms with Crippen molar-refractivity contribution < 1.29 is 9.85 Å². The van der Waals surface area contributed by atoms with E-state index in [1.807, 2.05) is 18.2 Å². The van der Waals surface area contributed by atoms with E-state index in [1.165, 1.54) is 24.3 Å². The van der Waals surface area contributed by atoms with E-state index in [0.29, 0.717) is 28.0 Å². The van der Waals surface area contributed by atoms with Crippen molar-refractivity contribution in [3.63, 3.8) is 0 Å². The Labute approximate surface area is 194 Å². The van der Waals surface area contributed by atoms with Crippen LogP contribution in [0.3, 0.4) is 0 Å². The van der Waals surface area contributed by atoms with E-state index in [2.05, 4.69) is 10.2 Å². The first-order valence-corrected chi connectivity index (χ1v) is 10.2. The molecule has 1 aliphatic carbocycles. The molecule has 0 aromatic heterocycles. The van der Waals surface area contributed by atoms with Crippen LogP contribution >= 0.6 is 0 Å². The Kier molecular flexibility index (Phi) is 6.09. The molecule has 0 heterocycles. The highest BCUT2D eigenvalue weighted by molar-refractivity contribution is 6.06. The standard InChI is InChI=1S/C24H20N6O4/c25-23-14-21(16-6-10-19(11-7-16)29(31)32)22(17-8-12-20(13-9-17)30(33)34)15-24(23,26)28-27-18-4-2-1-3-5-18/h1-15,23H,25-26H2. The smallest absolute Gasteiger partial charge is 0.269 e. The number of nitro groups is 2. The highest BCUT2D eigenvalue weighted by atomic mass is 16.6. The Balaban J connectivity index is 1.80. The normalized spacial score (nSPS) is 20.0. The van der Waals surface area contributed by atoms with Gasteiger partial charge in [-0.25, -0.2) is 0 Å². The van der Waals surface area contributed by atoms with Crippen LogP contribution in [0.25, 0.3) is 11.1 Å². The number of nitrogens with zero attached hydrogens (tertiary/aromatic N) is 4. The number of non-ortho nitro benzene ring substituents is 2. The molecule has 34 heavy (non-hydrogen) atoms. The lowest BCUT2D eigenvalue weighted by Crippen LogP contribution is -2.52. The highest BCUT2D eigenvalue weighted by Gasteiger charge is 2.35. The van der Waals surface area contributed by atoms with E-state index >= 15 is 0 Å². The van der Waals surface area contributed by atoms with Crippen LogP contribution in [0.2, 0.25) is 0 Å². The predicted molar refractivity (Wildman–Crippen MR) is 128 cm³/mol. The Morgan fingerprint density at radius 3 is 1.76 bits per heavy atom. The first-order valence-electron chi connectivity index (χ1n) is 10.2. The number of hydrogen-bond acceptors (Lipinski definition) is 8. The molecule has 0 spiro atoms. The number of nitro benzene ring substituents is 2. The Morgan fingerprint density at radius 2 is 1.26 bits per heavy atom. The molecule has 0 fully saturated rings. The van der Waals surface area contributed by atoms with Crippen LogP contribution in [-0.2, 0) is 0 Å². The maximum atomic E-state index is 11.1. The van der Waals surface area contributed by atoms with E-state index in [9.17, 15) is 20.2 Å². The van der Waals surface area contributed by atoms with Gasteiger partial charge in [0.25, 0.3) is 11.4 Å². The van der Waals surface area contributed by atoms with Crippen LogP contribution in [0.1, 0.15) is 11.1 Å². The summed E-state index contributed by atoms with van der Waals surface area (Å²) in [4.78, 5) is 21.2. The molecule has 10 heteroatoms. The molecule has 170 valence electrons. The van der Waals surface area contributed by atoms with Gasteiger partial charge in [0.05, 0.1) is 21.6 Å². The minimum atomic E-state index is -1.39. The molecular formula is C24H20N6O4. The first-order chi connectivity index (χ1) is 16.3. The molecule has 0 bridgehead atoms. The second kappa shape index (κ2) is 9.14. The molecular weight excluding hydrogens is 436 g/mol. The third kappa shape index (κ3) is 4.63. The molecule has 0 saturated carbocycles. The molecule has 0 radical (unpaired) electrons. The van der Waals surface area contributed by atoms with Crippen LogP contribution in [-0.4, -0.2) is 21.6 Å². The Hall–Kier alpha value is -4.54. The number of rotatable bonds is 6. The number of allylic oxidation sites excluding steroid dienone is 2. The quantitative estimate of drug-likeness (QED) is 0.309. The average Bonchev–Trinajstić information content (AvgIpc) is 2.85. The summed E-state index contributed by atoms with van der Waals surface area (Å²) >= 11 is 0. The molecule has 0 aliphatic heterocycles. The summed E-state index contributed by atoms with van der Waals surface area (Å²) in [5.41, 5.74) is 14.7. The number of azo groups is 1. The lowest BCUT2D eigenvalue weighted by atomic mass is 9.81. The van der Waals surface area contributed by atoms with Gasteiger partial charge in [-0.05, 0) is 64.7 Å². The Morgan fingerprint density at radius 1 is 0.765 bits per heavy atom. The highest BCUT2D eigenvalue weighted by Crippen LogP contribution is 2.39. The molecule has 0 saturated heterocycles. The maximum absolute atomic E-state index is 11.1. The first kappa shape index (κ1) is 22.6. The zero-order valence-electron chi connectivity index (χ0n) is 17.8. The van der Waals surface area contributed by atoms with Gasteiger partial charge in [-0.2, -0.15) is 10.2 Å². The van der Waals surface area contributed by atoms with Crippen LogP contribution < -0.4 is 11.5 Å². The lowest BCUT2D eigenvalue weighted by Gasteiger charge is -2.32. The fourth-order valence-corrected chi connectivity index (χ4v) is 3.56. The molecule has 4 N–H and O–H groups in total. The van der Waals surface area contributed by atoms with Gasteiger partial charge in [0.15, 0.2) is 5.66 Å². The van der Waals surface area contributed by atoms with Crippen molar-refractivity contribution in [1.29, 1.82) is 0 Å². The minimum absolute atomic E-state index is 0.0462. The van der Waals surface area contributed by atoms with E-state index in [0.717, 1.165) is 0 Å². The van der Waals surface area contributed by atoms with Gasteiger partial charge >= 0.3 is 0 Å². The van der Waals surface area contributed by atoms with Crippen molar-refractivity contribution >= 4 is 28.2 Å². The molecule has 1 aliphatic rings. The van der Waals surface area contributed by atoms with E-state index < -0.39 is 21.6 Å². The SMILES string of the molecule is NC1C=C(c2ccc([N+](=O)[O-])cc2)C(c2ccc([N+](=O)[O-])cc2)=CC1(N)N=Nc1ccccc1. The predicted octanol–water partition coefficient (Wildman–Crippen LogP) is 4.75. The van der Waals surface area contributed by atoms with Gasteiger partial charge < -0.3 is 11.5 Å². The van der Waals surface area contributed by atoms with Gasteiger partial charge in [0.2, 0.25) is 0 Å². The molecule has 2 unspecified atom stereocenters. The van der Waals surface area contributed by atoms with Gasteiger partial charge in [-0.15, -0.1) is 0 Å².